The number of hydrogen-bond acceptors (Lipinski definition) is 4. The normalized spacial score (nSPS) is 26.7. The molecule has 0 spiro atoms. The Bertz CT molecular complexity index is 301. The molecule has 0 radical (unpaired) electrons. The third-order valence-corrected chi connectivity index (χ3v) is 3.33. The van der Waals surface area contributed by atoms with Crippen LogP contribution in [0.25, 0.3) is 0 Å². The molecule has 0 heterocycles. The van der Waals surface area contributed by atoms with Gasteiger partial charge in [-0.25, -0.2) is 0 Å². The molecule has 0 aliphatic heterocycles. The van der Waals surface area contributed by atoms with E-state index < -0.39 is 50.0 Å². The highest BCUT2D eigenvalue weighted by Gasteiger charge is 2.41. The topological polar surface area (TPSA) is 58.9 Å². The second-order valence-electron chi connectivity index (χ2n) is 5.14. The van der Waals surface area contributed by atoms with Gasteiger partial charge in [0.1, 0.15) is 0 Å². The fraction of sp³-hybridized carbons (Fsp3) is 1.00. The lowest BCUT2D eigenvalue weighted by atomic mass is 9.94. The summed E-state index contributed by atoms with van der Waals surface area (Å²) in [4.78, 5) is 0. The van der Waals surface area contributed by atoms with Gasteiger partial charge < -0.3 is 19.7 Å². The van der Waals surface area contributed by atoms with Crippen LogP contribution in [0.5, 0.6) is 0 Å². The lowest BCUT2D eigenvalue weighted by Gasteiger charge is -2.32. The molecular weight excluding hydrogens is 322 g/mol. The van der Waals surface area contributed by atoms with E-state index in [1.165, 1.54) is 0 Å². The minimum absolute atomic E-state index is 0.317. The summed E-state index contributed by atoms with van der Waals surface area (Å²) in [7, 11) is 0. The van der Waals surface area contributed by atoms with Gasteiger partial charge in [-0.1, -0.05) is 12.8 Å². The van der Waals surface area contributed by atoms with E-state index in [9.17, 15) is 26.3 Å². The molecule has 0 bridgehead atoms. The van der Waals surface area contributed by atoms with Gasteiger partial charge in [0, 0.05) is 0 Å². The summed E-state index contributed by atoms with van der Waals surface area (Å²) in [6.07, 6.45) is -14.7. The number of hydrogen-bond donors (Lipinski definition) is 2. The number of rotatable bonds is 6. The Hall–Kier alpha value is -0.580. The van der Waals surface area contributed by atoms with Gasteiger partial charge in [0.25, 0.3) is 0 Å². The SMILES string of the molecule is OC(COC1CCCCC1OCC(O)C(F)(F)F)C(F)(F)F. The Kier molecular flexibility index (Phi) is 6.90. The lowest BCUT2D eigenvalue weighted by molar-refractivity contribution is -0.237. The van der Waals surface area contributed by atoms with Crippen molar-refractivity contribution < 1.29 is 46.0 Å². The Morgan fingerprint density at radius 3 is 1.36 bits per heavy atom. The van der Waals surface area contributed by atoms with Crippen molar-refractivity contribution in [2.24, 2.45) is 0 Å². The van der Waals surface area contributed by atoms with Crippen LogP contribution in [0, 0.1) is 0 Å². The average Bonchev–Trinajstić information content (AvgIpc) is 2.40. The molecule has 0 saturated heterocycles. The molecule has 1 fully saturated rings. The fourth-order valence-corrected chi connectivity index (χ4v) is 2.06. The smallest absolute Gasteiger partial charge is 0.382 e. The monoisotopic (exact) mass is 340 g/mol. The van der Waals surface area contributed by atoms with Crippen molar-refractivity contribution in [1.82, 2.24) is 0 Å². The summed E-state index contributed by atoms with van der Waals surface area (Å²) >= 11 is 0. The van der Waals surface area contributed by atoms with Crippen molar-refractivity contribution in [3.63, 3.8) is 0 Å². The van der Waals surface area contributed by atoms with E-state index in [0.29, 0.717) is 25.7 Å². The molecule has 4 unspecified atom stereocenters. The van der Waals surface area contributed by atoms with Crippen LogP contribution in [0.1, 0.15) is 25.7 Å². The Balaban J connectivity index is 2.46. The zero-order valence-corrected chi connectivity index (χ0v) is 11.5. The lowest BCUT2D eigenvalue weighted by Crippen LogP contribution is -2.42. The van der Waals surface area contributed by atoms with Crippen LogP contribution in [-0.4, -0.2) is 60.2 Å². The molecule has 0 aromatic rings. The predicted octanol–water partition coefficient (Wildman–Crippen LogP) is 2.18. The molecule has 0 amide bonds. The molecule has 132 valence electrons. The summed E-state index contributed by atoms with van der Waals surface area (Å²) in [5.41, 5.74) is 0. The second kappa shape index (κ2) is 7.80. The molecule has 1 saturated carbocycles. The van der Waals surface area contributed by atoms with Gasteiger partial charge in [0.15, 0.2) is 12.2 Å². The van der Waals surface area contributed by atoms with Crippen LogP contribution < -0.4 is 0 Å². The molecule has 1 rings (SSSR count). The quantitative estimate of drug-likeness (QED) is 0.728. The van der Waals surface area contributed by atoms with E-state index in [0.717, 1.165) is 0 Å². The summed E-state index contributed by atoms with van der Waals surface area (Å²) in [6.45, 7) is -2.01. The largest absolute Gasteiger partial charge is 0.416 e. The van der Waals surface area contributed by atoms with E-state index >= 15 is 0 Å². The first-order valence-corrected chi connectivity index (χ1v) is 6.74. The Labute approximate surface area is 123 Å². The number of alkyl halides is 6. The molecule has 22 heavy (non-hydrogen) atoms. The first kappa shape index (κ1) is 19.5. The number of ether oxygens (including phenoxy) is 2. The van der Waals surface area contributed by atoms with Gasteiger partial charge in [0.05, 0.1) is 25.4 Å². The van der Waals surface area contributed by atoms with Gasteiger partial charge >= 0.3 is 12.4 Å². The van der Waals surface area contributed by atoms with Crippen LogP contribution in [-0.2, 0) is 9.47 Å². The Morgan fingerprint density at radius 1 is 0.773 bits per heavy atom. The zero-order chi connectivity index (χ0) is 17.0. The summed E-state index contributed by atoms with van der Waals surface area (Å²) in [6, 6.07) is 0. The van der Waals surface area contributed by atoms with Crippen LogP contribution in [0.3, 0.4) is 0 Å². The first-order chi connectivity index (χ1) is 10.0. The number of aliphatic hydroxyl groups is 2. The number of halogens is 6. The Morgan fingerprint density at radius 2 is 1.09 bits per heavy atom. The van der Waals surface area contributed by atoms with E-state index in [2.05, 4.69) is 0 Å². The summed E-state index contributed by atoms with van der Waals surface area (Å²) in [5, 5.41) is 17.7. The van der Waals surface area contributed by atoms with Gasteiger partial charge in [0.2, 0.25) is 0 Å². The molecule has 1 aliphatic carbocycles. The zero-order valence-electron chi connectivity index (χ0n) is 11.5. The van der Waals surface area contributed by atoms with Crippen molar-refractivity contribution in [2.75, 3.05) is 13.2 Å². The molecule has 4 nitrogen and oxygen atoms in total. The third-order valence-electron chi connectivity index (χ3n) is 3.33. The van der Waals surface area contributed by atoms with Crippen molar-refractivity contribution in [1.29, 1.82) is 0 Å². The maximum absolute atomic E-state index is 12.2. The molecule has 2 N–H and O–H groups in total. The van der Waals surface area contributed by atoms with E-state index in [1.54, 1.807) is 0 Å². The van der Waals surface area contributed by atoms with Crippen molar-refractivity contribution in [2.45, 2.75) is 62.5 Å². The van der Waals surface area contributed by atoms with E-state index in [1.807, 2.05) is 0 Å². The second-order valence-corrected chi connectivity index (χ2v) is 5.14. The highest BCUT2D eigenvalue weighted by Crippen LogP contribution is 2.27. The summed E-state index contributed by atoms with van der Waals surface area (Å²) < 4.78 is 82.9. The first-order valence-electron chi connectivity index (χ1n) is 6.74. The average molecular weight is 340 g/mol. The molecule has 0 aromatic carbocycles. The molecule has 10 heteroatoms. The standard InChI is InChI=1S/C12H18F6O4/c13-11(14,15)9(19)5-21-7-3-1-2-4-8(7)22-6-10(20)12(16,17)18/h7-10,19-20H,1-6H2. The summed E-state index contributed by atoms with van der Waals surface area (Å²) in [5.74, 6) is 0. The highest BCUT2D eigenvalue weighted by atomic mass is 19.4. The van der Waals surface area contributed by atoms with E-state index in [4.69, 9.17) is 19.7 Å². The van der Waals surface area contributed by atoms with E-state index in [-0.39, 0.29) is 0 Å². The molecule has 0 aromatic heterocycles. The van der Waals surface area contributed by atoms with Gasteiger partial charge in [-0.05, 0) is 12.8 Å². The van der Waals surface area contributed by atoms with Crippen LogP contribution in [0.4, 0.5) is 26.3 Å². The molecule has 1 aliphatic rings. The van der Waals surface area contributed by atoms with Crippen molar-refractivity contribution in [3.8, 4) is 0 Å². The van der Waals surface area contributed by atoms with Crippen LogP contribution in [0.2, 0.25) is 0 Å². The maximum atomic E-state index is 12.2. The minimum Gasteiger partial charge on any atom is -0.382 e. The van der Waals surface area contributed by atoms with Gasteiger partial charge in [-0.2, -0.15) is 26.3 Å². The third kappa shape index (κ3) is 6.27. The fourth-order valence-electron chi connectivity index (χ4n) is 2.06. The minimum atomic E-state index is -4.82. The highest BCUT2D eigenvalue weighted by molar-refractivity contribution is 4.79. The molecule has 4 atom stereocenters. The maximum Gasteiger partial charge on any atom is 0.416 e. The van der Waals surface area contributed by atoms with Crippen molar-refractivity contribution >= 4 is 0 Å². The van der Waals surface area contributed by atoms with Gasteiger partial charge in [-0.3, -0.25) is 0 Å². The predicted molar refractivity (Wildman–Crippen MR) is 62.1 cm³/mol. The van der Waals surface area contributed by atoms with Crippen molar-refractivity contribution in [3.05, 3.63) is 0 Å². The van der Waals surface area contributed by atoms with Crippen LogP contribution >= 0.6 is 0 Å². The number of aliphatic hydroxyl groups excluding tert-OH is 2. The van der Waals surface area contributed by atoms with Gasteiger partial charge in [-0.15, -0.1) is 0 Å². The van der Waals surface area contributed by atoms with Crippen LogP contribution in [0.15, 0.2) is 0 Å². The molecular formula is C12H18F6O4.